The number of rotatable bonds is 1. The molecule has 0 aromatic carbocycles. The molecule has 0 amide bonds. The summed E-state index contributed by atoms with van der Waals surface area (Å²) in [5, 5.41) is 4.00. The van der Waals surface area contributed by atoms with E-state index in [0.29, 0.717) is 12.5 Å². The molecule has 0 spiro atoms. The number of aromatic nitrogens is 2. The van der Waals surface area contributed by atoms with Gasteiger partial charge < -0.3 is 15.0 Å². The first-order valence-corrected chi connectivity index (χ1v) is 5.66. The van der Waals surface area contributed by atoms with Crippen molar-refractivity contribution in [2.45, 2.75) is 44.6 Å². The molecular weight excluding hydrogens is 206 g/mol. The quantitative estimate of drug-likeness (QED) is 0.777. The summed E-state index contributed by atoms with van der Waals surface area (Å²) >= 11 is 0. The van der Waals surface area contributed by atoms with Gasteiger partial charge >= 0.3 is 0 Å². The maximum Gasteiger partial charge on any atom is 0.233 e. The maximum atomic E-state index is 6.02. The molecule has 0 radical (unpaired) electrons. The molecule has 0 bridgehead atoms. The minimum Gasteiger partial charge on any atom is -0.381 e. The first kappa shape index (κ1) is 11.5. The lowest BCUT2D eigenvalue weighted by atomic mass is 9.95. The van der Waals surface area contributed by atoms with E-state index in [-0.39, 0.29) is 17.4 Å². The lowest BCUT2D eigenvalue weighted by molar-refractivity contribution is 0.0590. The molecule has 1 aliphatic heterocycles. The van der Waals surface area contributed by atoms with Crippen LogP contribution in [0.3, 0.4) is 0 Å². The van der Waals surface area contributed by atoms with Crippen LogP contribution in [0, 0.1) is 0 Å². The van der Waals surface area contributed by atoms with Crippen LogP contribution < -0.4 is 5.73 Å². The van der Waals surface area contributed by atoms with Gasteiger partial charge in [0.15, 0.2) is 5.82 Å². The van der Waals surface area contributed by atoms with E-state index < -0.39 is 0 Å². The van der Waals surface area contributed by atoms with Crippen molar-refractivity contribution in [1.29, 1.82) is 0 Å². The van der Waals surface area contributed by atoms with E-state index in [0.717, 1.165) is 18.9 Å². The Balaban J connectivity index is 2.18. The van der Waals surface area contributed by atoms with Crippen molar-refractivity contribution in [3.8, 4) is 0 Å². The van der Waals surface area contributed by atoms with Crippen molar-refractivity contribution in [2.75, 3.05) is 13.2 Å². The summed E-state index contributed by atoms with van der Waals surface area (Å²) in [6.45, 7) is 7.46. The minimum atomic E-state index is -0.0959. The van der Waals surface area contributed by atoms with Gasteiger partial charge in [0.25, 0.3) is 0 Å². The number of hydrogen-bond donors (Lipinski definition) is 1. The third-order valence-corrected chi connectivity index (χ3v) is 2.84. The molecule has 16 heavy (non-hydrogen) atoms. The van der Waals surface area contributed by atoms with Crippen LogP contribution in [0.25, 0.3) is 0 Å². The average Bonchev–Trinajstić information content (AvgIpc) is 2.66. The van der Waals surface area contributed by atoms with Crippen molar-refractivity contribution in [3.05, 3.63) is 11.7 Å². The van der Waals surface area contributed by atoms with Crippen LogP contribution in [0.2, 0.25) is 0 Å². The van der Waals surface area contributed by atoms with Gasteiger partial charge in [0.05, 0.1) is 12.5 Å². The van der Waals surface area contributed by atoms with Crippen LogP contribution in [0.15, 0.2) is 4.52 Å². The molecule has 1 aliphatic rings. The Labute approximate surface area is 95.3 Å². The van der Waals surface area contributed by atoms with Crippen LogP contribution in [-0.2, 0) is 10.2 Å². The summed E-state index contributed by atoms with van der Waals surface area (Å²) in [7, 11) is 0. The molecule has 1 fully saturated rings. The van der Waals surface area contributed by atoms with E-state index in [1.54, 1.807) is 0 Å². The van der Waals surface area contributed by atoms with E-state index in [4.69, 9.17) is 15.0 Å². The summed E-state index contributed by atoms with van der Waals surface area (Å²) in [5.74, 6) is 1.37. The highest BCUT2D eigenvalue weighted by molar-refractivity contribution is 5.05. The molecule has 2 atom stereocenters. The fourth-order valence-electron chi connectivity index (χ4n) is 1.70. The van der Waals surface area contributed by atoms with Crippen LogP contribution in [0.1, 0.15) is 44.8 Å². The van der Waals surface area contributed by atoms with E-state index in [1.807, 2.05) is 0 Å². The van der Waals surface area contributed by atoms with Gasteiger partial charge in [0.2, 0.25) is 5.89 Å². The predicted octanol–water partition coefficient (Wildman–Crippen LogP) is 1.20. The zero-order valence-corrected chi connectivity index (χ0v) is 10.1. The highest BCUT2D eigenvalue weighted by atomic mass is 16.5. The summed E-state index contributed by atoms with van der Waals surface area (Å²) in [6.07, 6.45) is 0.845. The number of nitrogens with zero attached hydrogens (tertiary/aromatic N) is 2. The lowest BCUT2D eigenvalue weighted by Gasteiger charge is -2.25. The summed E-state index contributed by atoms with van der Waals surface area (Å²) in [5.41, 5.74) is 5.93. The van der Waals surface area contributed by atoms with Crippen molar-refractivity contribution < 1.29 is 9.26 Å². The number of nitrogens with two attached hydrogens (primary N) is 1. The minimum absolute atomic E-state index is 0.0392. The second kappa shape index (κ2) is 4.14. The van der Waals surface area contributed by atoms with Gasteiger partial charge in [-0.2, -0.15) is 4.98 Å². The molecule has 0 aliphatic carbocycles. The zero-order chi connectivity index (χ0) is 11.8. The van der Waals surface area contributed by atoms with Gasteiger partial charge in [-0.05, 0) is 6.42 Å². The second-order valence-electron chi connectivity index (χ2n) is 5.34. The van der Waals surface area contributed by atoms with Crippen molar-refractivity contribution >= 4 is 0 Å². The molecule has 2 rings (SSSR count). The Morgan fingerprint density at radius 1 is 1.38 bits per heavy atom. The molecule has 0 saturated carbocycles. The molecule has 1 aromatic rings. The van der Waals surface area contributed by atoms with Gasteiger partial charge in [0.1, 0.15) is 0 Å². The highest BCUT2D eigenvalue weighted by Crippen LogP contribution is 2.26. The SMILES string of the molecule is CC(C)(C)c1noc(C2COCCC2N)n1. The van der Waals surface area contributed by atoms with Crippen LogP contribution >= 0.6 is 0 Å². The molecule has 2 N–H and O–H groups in total. The first-order valence-electron chi connectivity index (χ1n) is 5.66. The van der Waals surface area contributed by atoms with Crippen molar-refractivity contribution in [3.63, 3.8) is 0 Å². The third-order valence-electron chi connectivity index (χ3n) is 2.84. The topological polar surface area (TPSA) is 74.2 Å². The first-order chi connectivity index (χ1) is 7.48. The Bertz CT molecular complexity index is 356. The molecule has 1 saturated heterocycles. The molecule has 2 unspecified atom stereocenters. The lowest BCUT2D eigenvalue weighted by Crippen LogP contribution is -2.37. The largest absolute Gasteiger partial charge is 0.381 e. The third kappa shape index (κ3) is 2.25. The highest BCUT2D eigenvalue weighted by Gasteiger charge is 2.31. The Morgan fingerprint density at radius 3 is 2.69 bits per heavy atom. The molecule has 90 valence electrons. The Kier molecular flexibility index (Phi) is 2.99. The fourth-order valence-corrected chi connectivity index (χ4v) is 1.70. The fraction of sp³-hybridized carbons (Fsp3) is 0.818. The molecular formula is C11H19N3O2. The average molecular weight is 225 g/mol. The van der Waals surface area contributed by atoms with E-state index in [1.165, 1.54) is 0 Å². The second-order valence-corrected chi connectivity index (χ2v) is 5.34. The smallest absolute Gasteiger partial charge is 0.233 e. The summed E-state index contributed by atoms with van der Waals surface area (Å²) < 4.78 is 10.7. The van der Waals surface area contributed by atoms with Gasteiger partial charge in [-0.1, -0.05) is 25.9 Å². The van der Waals surface area contributed by atoms with Crippen LogP contribution in [-0.4, -0.2) is 29.4 Å². The number of hydrogen-bond acceptors (Lipinski definition) is 5. The normalized spacial score (nSPS) is 27.0. The van der Waals surface area contributed by atoms with E-state index in [2.05, 4.69) is 30.9 Å². The van der Waals surface area contributed by atoms with Crippen molar-refractivity contribution in [1.82, 2.24) is 10.1 Å². The summed E-state index contributed by atoms with van der Waals surface area (Å²) in [4.78, 5) is 4.42. The van der Waals surface area contributed by atoms with E-state index >= 15 is 0 Å². The molecule has 2 heterocycles. The van der Waals surface area contributed by atoms with Crippen LogP contribution in [0.5, 0.6) is 0 Å². The molecule has 1 aromatic heterocycles. The number of ether oxygens (including phenoxy) is 1. The Hall–Kier alpha value is -0.940. The van der Waals surface area contributed by atoms with Gasteiger partial charge in [-0.15, -0.1) is 0 Å². The van der Waals surface area contributed by atoms with Crippen molar-refractivity contribution in [2.24, 2.45) is 5.73 Å². The maximum absolute atomic E-state index is 6.02. The zero-order valence-electron chi connectivity index (χ0n) is 10.1. The Morgan fingerprint density at radius 2 is 2.12 bits per heavy atom. The van der Waals surface area contributed by atoms with Gasteiger partial charge in [-0.25, -0.2) is 0 Å². The van der Waals surface area contributed by atoms with E-state index in [9.17, 15) is 0 Å². The standard InChI is InChI=1S/C11H19N3O2/c1-11(2,3)10-13-9(16-14-10)7-6-15-5-4-8(7)12/h7-8H,4-6,12H2,1-3H3. The summed E-state index contributed by atoms with van der Waals surface area (Å²) in [6, 6.07) is 0.0574. The van der Waals surface area contributed by atoms with Gasteiger partial charge in [-0.3, -0.25) is 0 Å². The molecule has 5 heteroatoms. The van der Waals surface area contributed by atoms with Crippen LogP contribution in [0.4, 0.5) is 0 Å². The monoisotopic (exact) mass is 225 g/mol. The van der Waals surface area contributed by atoms with Gasteiger partial charge in [0, 0.05) is 18.1 Å². The molecule has 5 nitrogen and oxygen atoms in total. The predicted molar refractivity (Wildman–Crippen MR) is 59.2 cm³/mol.